The number of aromatic nitrogens is 6. The number of hydrogen-bond donors (Lipinski definition) is 2. The van der Waals surface area contributed by atoms with Crippen LogP contribution in [0.1, 0.15) is 17.4 Å². The number of nitrogens with one attached hydrogen (secondary N) is 2. The summed E-state index contributed by atoms with van der Waals surface area (Å²) in [6.45, 7) is 0. The standard InChI is InChI=1S/C8H13N7/c1-9-7(8-4-10-13-12-8)3-6-5-15(2)14-11-6/h4-5,7,9H,3H2,1-2H3,(H,10,12,13). The highest BCUT2D eigenvalue weighted by molar-refractivity contribution is 5.05. The van der Waals surface area contributed by atoms with E-state index in [4.69, 9.17) is 0 Å². The quantitative estimate of drug-likeness (QED) is 0.701. The molecular weight excluding hydrogens is 194 g/mol. The Kier molecular flexibility index (Phi) is 2.72. The molecule has 0 aliphatic carbocycles. The van der Waals surface area contributed by atoms with Crippen molar-refractivity contribution in [2.75, 3.05) is 7.05 Å². The van der Waals surface area contributed by atoms with Gasteiger partial charge < -0.3 is 5.32 Å². The Morgan fingerprint density at radius 1 is 1.60 bits per heavy atom. The highest BCUT2D eigenvalue weighted by atomic mass is 15.4. The molecule has 0 radical (unpaired) electrons. The lowest BCUT2D eigenvalue weighted by Gasteiger charge is -2.10. The van der Waals surface area contributed by atoms with E-state index < -0.39 is 0 Å². The molecule has 2 rings (SSSR count). The van der Waals surface area contributed by atoms with Crippen LogP contribution in [0.3, 0.4) is 0 Å². The van der Waals surface area contributed by atoms with E-state index >= 15 is 0 Å². The lowest BCUT2D eigenvalue weighted by Crippen LogP contribution is -2.19. The molecular formula is C8H13N7. The molecule has 7 nitrogen and oxygen atoms in total. The number of rotatable bonds is 4. The number of aromatic amines is 1. The maximum Gasteiger partial charge on any atom is 0.0997 e. The molecule has 0 amide bonds. The molecule has 1 atom stereocenters. The van der Waals surface area contributed by atoms with Crippen molar-refractivity contribution < 1.29 is 0 Å². The molecule has 0 saturated carbocycles. The summed E-state index contributed by atoms with van der Waals surface area (Å²) in [5.74, 6) is 0. The topological polar surface area (TPSA) is 84.3 Å². The van der Waals surface area contributed by atoms with Crippen molar-refractivity contribution in [3.8, 4) is 0 Å². The Bertz CT molecular complexity index is 404. The van der Waals surface area contributed by atoms with Gasteiger partial charge >= 0.3 is 0 Å². The van der Waals surface area contributed by atoms with Crippen molar-refractivity contribution in [1.82, 2.24) is 35.7 Å². The van der Waals surface area contributed by atoms with E-state index in [9.17, 15) is 0 Å². The fraction of sp³-hybridized carbons (Fsp3) is 0.500. The van der Waals surface area contributed by atoms with E-state index in [2.05, 4.69) is 31.0 Å². The number of aryl methyl sites for hydroxylation is 1. The van der Waals surface area contributed by atoms with Crippen LogP contribution in [0.5, 0.6) is 0 Å². The number of H-pyrrole nitrogens is 1. The molecule has 0 saturated heterocycles. The third-order valence-corrected chi connectivity index (χ3v) is 2.20. The van der Waals surface area contributed by atoms with Gasteiger partial charge in [0.25, 0.3) is 0 Å². The van der Waals surface area contributed by atoms with Crippen LogP contribution in [0.4, 0.5) is 0 Å². The first kappa shape index (κ1) is 9.78. The maximum absolute atomic E-state index is 4.04. The average Bonchev–Trinajstić information content (AvgIpc) is 2.85. The third-order valence-electron chi connectivity index (χ3n) is 2.20. The molecule has 1 unspecified atom stereocenters. The summed E-state index contributed by atoms with van der Waals surface area (Å²) in [6.07, 6.45) is 4.35. The van der Waals surface area contributed by atoms with Crippen LogP contribution < -0.4 is 5.32 Å². The molecule has 0 aliphatic rings. The minimum atomic E-state index is 0.112. The maximum atomic E-state index is 4.04. The summed E-state index contributed by atoms with van der Waals surface area (Å²) in [4.78, 5) is 0. The van der Waals surface area contributed by atoms with Crippen molar-refractivity contribution in [2.45, 2.75) is 12.5 Å². The van der Waals surface area contributed by atoms with Crippen LogP contribution in [0, 0.1) is 0 Å². The van der Waals surface area contributed by atoms with E-state index in [0.29, 0.717) is 0 Å². The van der Waals surface area contributed by atoms with Gasteiger partial charge in [0.15, 0.2) is 0 Å². The number of likely N-dealkylation sites (N-methyl/N-ethyl adjacent to an activating group) is 1. The first-order valence-corrected chi connectivity index (χ1v) is 4.67. The van der Waals surface area contributed by atoms with E-state index in [1.807, 2.05) is 20.3 Å². The van der Waals surface area contributed by atoms with Crippen LogP contribution >= 0.6 is 0 Å². The molecule has 2 aromatic heterocycles. The zero-order valence-electron chi connectivity index (χ0n) is 8.68. The van der Waals surface area contributed by atoms with Gasteiger partial charge in [-0.05, 0) is 7.05 Å². The second kappa shape index (κ2) is 4.18. The molecule has 0 spiro atoms. The summed E-state index contributed by atoms with van der Waals surface area (Å²) in [5.41, 5.74) is 1.81. The smallest absolute Gasteiger partial charge is 0.0997 e. The second-order valence-electron chi connectivity index (χ2n) is 3.32. The Hall–Kier alpha value is -1.76. The average molecular weight is 207 g/mol. The highest BCUT2D eigenvalue weighted by Crippen LogP contribution is 2.12. The predicted molar refractivity (Wildman–Crippen MR) is 52.9 cm³/mol. The lowest BCUT2D eigenvalue weighted by atomic mass is 10.1. The van der Waals surface area contributed by atoms with Crippen LogP contribution in [-0.4, -0.2) is 37.5 Å². The molecule has 0 bridgehead atoms. The Morgan fingerprint density at radius 3 is 3.00 bits per heavy atom. The summed E-state index contributed by atoms with van der Waals surface area (Å²) in [5, 5.41) is 21.5. The Morgan fingerprint density at radius 2 is 2.47 bits per heavy atom. The molecule has 2 aromatic rings. The van der Waals surface area contributed by atoms with Gasteiger partial charge in [-0.25, -0.2) is 0 Å². The molecule has 7 heteroatoms. The van der Waals surface area contributed by atoms with Gasteiger partial charge in [0.1, 0.15) is 0 Å². The Balaban J connectivity index is 2.09. The summed E-state index contributed by atoms with van der Waals surface area (Å²) in [7, 11) is 3.73. The van der Waals surface area contributed by atoms with E-state index in [1.54, 1.807) is 10.9 Å². The first-order valence-electron chi connectivity index (χ1n) is 4.67. The minimum Gasteiger partial charge on any atom is -0.311 e. The van der Waals surface area contributed by atoms with Gasteiger partial charge in [0, 0.05) is 19.7 Å². The van der Waals surface area contributed by atoms with Crippen LogP contribution in [-0.2, 0) is 13.5 Å². The van der Waals surface area contributed by atoms with E-state index in [0.717, 1.165) is 17.8 Å². The van der Waals surface area contributed by atoms with Gasteiger partial charge in [-0.3, -0.25) is 4.68 Å². The van der Waals surface area contributed by atoms with Crippen molar-refractivity contribution in [2.24, 2.45) is 7.05 Å². The number of nitrogens with zero attached hydrogens (tertiary/aromatic N) is 5. The fourth-order valence-corrected chi connectivity index (χ4v) is 1.43. The van der Waals surface area contributed by atoms with E-state index in [1.165, 1.54) is 0 Å². The normalized spacial score (nSPS) is 12.9. The molecule has 0 aromatic carbocycles. The fourth-order valence-electron chi connectivity index (χ4n) is 1.43. The zero-order valence-corrected chi connectivity index (χ0v) is 8.68. The summed E-state index contributed by atoms with van der Waals surface area (Å²) >= 11 is 0. The summed E-state index contributed by atoms with van der Waals surface area (Å²) in [6, 6.07) is 0.112. The second-order valence-corrected chi connectivity index (χ2v) is 3.32. The molecule has 0 fully saturated rings. The highest BCUT2D eigenvalue weighted by Gasteiger charge is 2.14. The molecule has 2 heterocycles. The van der Waals surface area contributed by atoms with Gasteiger partial charge in [-0.2, -0.15) is 15.4 Å². The number of hydrogen-bond acceptors (Lipinski definition) is 5. The SMILES string of the molecule is CNC(Cc1cn(C)nn1)c1cn[nH]n1. The van der Waals surface area contributed by atoms with Crippen molar-refractivity contribution in [3.63, 3.8) is 0 Å². The monoisotopic (exact) mass is 207 g/mol. The van der Waals surface area contributed by atoms with Gasteiger partial charge in [-0.1, -0.05) is 5.21 Å². The molecule has 2 N–H and O–H groups in total. The van der Waals surface area contributed by atoms with Gasteiger partial charge in [-0.15, -0.1) is 5.10 Å². The van der Waals surface area contributed by atoms with Crippen LogP contribution in [0.25, 0.3) is 0 Å². The Labute approximate surface area is 86.9 Å². The lowest BCUT2D eigenvalue weighted by molar-refractivity contribution is 0.566. The van der Waals surface area contributed by atoms with Gasteiger partial charge in [0.05, 0.1) is 23.6 Å². The third kappa shape index (κ3) is 2.18. The van der Waals surface area contributed by atoms with E-state index in [-0.39, 0.29) is 6.04 Å². The molecule has 15 heavy (non-hydrogen) atoms. The first-order chi connectivity index (χ1) is 7.29. The summed E-state index contributed by atoms with van der Waals surface area (Å²) < 4.78 is 1.69. The van der Waals surface area contributed by atoms with Gasteiger partial charge in [0.2, 0.25) is 0 Å². The molecule has 0 aliphatic heterocycles. The molecule has 80 valence electrons. The van der Waals surface area contributed by atoms with Crippen molar-refractivity contribution >= 4 is 0 Å². The predicted octanol–water partition coefficient (Wildman–Crippen LogP) is -0.564. The van der Waals surface area contributed by atoms with Crippen LogP contribution in [0.15, 0.2) is 12.4 Å². The largest absolute Gasteiger partial charge is 0.311 e. The van der Waals surface area contributed by atoms with Crippen molar-refractivity contribution in [3.05, 3.63) is 23.8 Å². The van der Waals surface area contributed by atoms with Crippen molar-refractivity contribution in [1.29, 1.82) is 0 Å². The van der Waals surface area contributed by atoms with Crippen LogP contribution in [0.2, 0.25) is 0 Å². The minimum absolute atomic E-state index is 0.112. The zero-order chi connectivity index (χ0) is 10.7.